The van der Waals surface area contributed by atoms with Crippen molar-refractivity contribution >= 4 is 17.2 Å². The van der Waals surface area contributed by atoms with E-state index in [1.807, 2.05) is 23.1 Å². The molecule has 3 rings (SSSR count). The van der Waals surface area contributed by atoms with E-state index >= 15 is 0 Å². The Morgan fingerprint density at radius 1 is 1.25 bits per heavy atom. The quantitative estimate of drug-likeness (QED) is 0.650. The van der Waals surface area contributed by atoms with Crippen LogP contribution < -0.4 is 10.6 Å². The number of amidine groups is 1. The van der Waals surface area contributed by atoms with Gasteiger partial charge in [0.15, 0.2) is 0 Å². The summed E-state index contributed by atoms with van der Waals surface area (Å²) >= 11 is 0. The molecule has 3 nitrogen and oxygen atoms in total. The van der Waals surface area contributed by atoms with Crippen LogP contribution in [0, 0.1) is 11.2 Å². The Morgan fingerprint density at radius 2 is 2.00 bits per heavy atom. The summed E-state index contributed by atoms with van der Waals surface area (Å²) in [5, 5.41) is 7.37. The van der Waals surface area contributed by atoms with Crippen molar-refractivity contribution in [1.82, 2.24) is 0 Å². The van der Waals surface area contributed by atoms with E-state index in [2.05, 4.69) is 13.0 Å². The third-order valence-corrected chi connectivity index (χ3v) is 3.73. The zero-order valence-corrected chi connectivity index (χ0v) is 11.2. The minimum atomic E-state index is -0.346. The smallest absolute Gasteiger partial charge is 0.147 e. The zero-order valence-electron chi connectivity index (χ0n) is 11.2. The minimum absolute atomic E-state index is 0.120. The van der Waals surface area contributed by atoms with Crippen LogP contribution in [0.1, 0.15) is 18.1 Å². The van der Waals surface area contributed by atoms with E-state index in [1.54, 1.807) is 12.1 Å². The Balaban J connectivity index is 2.07. The fourth-order valence-corrected chi connectivity index (χ4v) is 2.80. The second-order valence-corrected chi connectivity index (χ2v) is 5.13. The van der Waals surface area contributed by atoms with Crippen molar-refractivity contribution in [3.05, 3.63) is 59.4 Å². The number of nitrogens with zero attached hydrogens (tertiary/aromatic N) is 1. The molecule has 1 heterocycles. The molecular weight excluding hydrogens is 253 g/mol. The number of halogens is 1. The van der Waals surface area contributed by atoms with Gasteiger partial charge in [0.1, 0.15) is 11.7 Å². The largest absolute Gasteiger partial charge is 0.384 e. The Labute approximate surface area is 117 Å². The Morgan fingerprint density at radius 3 is 2.70 bits per heavy atom. The molecule has 0 amide bonds. The molecule has 0 bridgehead atoms. The second-order valence-electron chi connectivity index (χ2n) is 5.13. The lowest BCUT2D eigenvalue weighted by Crippen LogP contribution is -2.25. The number of hydrogen-bond donors (Lipinski definition) is 2. The lowest BCUT2D eigenvalue weighted by Gasteiger charge is -2.25. The van der Waals surface area contributed by atoms with Crippen molar-refractivity contribution in [3.63, 3.8) is 0 Å². The third kappa shape index (κ3) is 1.93. The van der Waals surface area contributed by atoms with Crippen LogP contribution >= 0.6 is 0 Å². The summed E-state index contributed by atoms with van der Waals surface area (Å²) in [5.74, 6) is -0.466. The van der Waals surface area contributed by atoms with Crippen LogP contribution in [-0.2, 0) is 6.42 Å². The van der Waals surface area contributed by atoms with Crippen molar-refractivity contribution < 1.29 is 4.39 Å². The Hall–Kier alpha value is -2.36. The molecule has 102 valence electrons. The number of benzene rings is 2. The fourth-order valence-electron chi connectivity index (χ4n) is 2.80. The summed E-state index contributed by atoms with van der Waals surface area (Å²) in [6.45, 7) is 2.08. The molecule has 1 aliphatic heterocycles. The molecule has 0 radical (unpaired) electrons. The molecule has 3 N–H and O–H groups in total. The fraction of sp³-hybridized carbons (Fsp3) is 0.188. The van der Waals surface area contributed by atoms with Gasteiger partial charge in [-0.25, -0.2) is 4.39 Å². The van der Waals surface area contributed by atoms with Gasteiger partial charge in [0, 0.05) is 17.3 Å². The number of rotatable bonds is 2. The van der Waals surface area contributed by atoms with Crippen LogP contribution in [0.4, 0.5) is 15.8 Å². The molecule has 0 fully saturated rings. The van der Waals surface area contributed by atoms with Crippen LogP contribution in [0.15, 0.2) is 42.5 Å². The monoisotopic (exact) mass is 269 g/mol. The summed E-state index contributed by atoms with van der Waals surface area (Å²) in [5.41, 5.74) is 8.62. The van der Waals surface area contributed by atoms with Crippen LogP contribution in [0.3, 0.4) is 0 Å². The molecule has 20 heavy (non-hydrogen) atoms. The number of anilines is 2. The first-order valence-electron chi connectivity index (χ1n) is 6.59. The first kappa shape index (κ1) is 12.7. The number of nitrogen functional groups attached to an aromatic ring is 1. The van der Waals surface area contributed by atoms with Gasteiger partial charge in [0.05, 0.1) is 5.69 Å². The molecular formula is C16H16FN3. The normalized spacial score (nSPS) is 17.1. The highest BCUT2D eigenvalue weighted by atomic mass is 19.1. The predicted molar refractivity (Wildman–Crippen MR) is 79.2 cm³/mol. The zero-order chi connectivity index (χ0) is 14.3. The van der Waals surface area contributed by atoms with Crippen molar-refractivity contribution in [1.29, 1.82) is 5.41 Å². The lowest BCUT2D eigenvalue weighted by atomic mass is 10.1. The topological polar surface area (TPSA) is 53.1 Å². The summed E-state index contributed by atoms with van der Waals surface area (Å²) < 4.78 is 14.3. The molecule has 0 saturated carbocycles. The summed E-state index contributed by atoms with van der Waals surface area (Å²) in [6, 6.07) is 13.0. The lowest BCUT2D eigenvalue weighted by molar-refractivity contribution is 0.617. The van der Waals surface area contributed by atoms with E-state index in [-0.39, 0.29) is 17.7 Å². The molecule has 0 saturated heterocycles. The number of para-hydroxylation sites is 1. The van der Waals surface area contributed by atoms with E-state index in [0.29, 0.717) is 11.3 Å². The maximum Gasteiger partial charge on any atom is 0.147 e. The van der Waals surface area contributed by atoms with E-state index < -0.39 is 0 Å². The molecule has 2 aromatic rings. The van der Waals surface area contributed by atoms with Gasteiger partial charge in [-0.05, 0) is 43.2 Å². The van der Waals surface area contributed by atoms with Crippen LogP contribution in [0.5, 0.6) is 0 Å². The van der Waals surface area contributed by atoms with Crippen molar-refractivity contribution in [2.45, 2.75) is 19.4 Å². The molecule has 2 aromatic carbocycles. The van der Waals surface area contributed by atoms with Crippen LogP contribution in [0.2, 0.25) is 0 Å². The molecule has 0 spiro atoms. The number of hydrogen-bond acceptors (Lipinski definition) is 2. The van der Waals surface area contributed by atoms with E-state index in [9.17, 15) is 4.39 Å². The molecule has 1 unspecified atom stereocenters. The molecule has 0 aliphatic carbocycles. The maximum atomic E-state index is 14.3. The van der Waals surface area contributed by atoms with Gasteiger partial charge in [-0.1, -0.05) is 18.2 Å². The highest BCUT2D eigenvalue weighted by Crippen LogP contribution is 2.39. The second kappa shape index (κ2) is 4.63. The van der Waals surface area contributed by atoms with Gasteiger partial charge >= 0.3 is 0 Å². The van der Waals surface area contributed by atoms with Gasteiger partial charge in [0.25, 0.3) is 0 Å². The molecule has 4 heteroatoms. The predicted octanol–water partition coefficient (Wildman–Crippen LogP) is 3.19. The first-order chi connectivity index (χ1) is 9.58. The average molecular weight is 269 g/mol. The van der Waals surface area contributed by atoms with E-state index in [1.165, 1.54) is 11.6 Å². The number of nitrogens with two attached hydrogens (primary N) is 1. The molecule has 1 aliphatic rings. The Kier molecular flexibility index (Phi) is 2.93. The highest BCUT2D eigenvalue weighted by molar-refractivity contribution is 5.95. The van der Waals surface area contributed by atoms with Crippen LogP contribution in [0.25, 0.3) is 0 Å². The standard InChI is InChI=1S/C16H16FN3/c1-10-8-11-4-2-3-5-14(11)20(10)15-7-6-12(16(18)19)9-13(15)17/h2-7,9-10H,8H2,1H3,(H3,18,19). The SMILES string of the molecule is CC1Cc2ccccc2N1c1ccc(C(=N)N)cc1F. The maximum absolute atomic E-state index is 14.3. The van der Waals surface area contributed by atoms with Gasteiger partial charge in [-0.15, -0.1) is 0 Å². The summed E-state index contributed by atoms with van der Waals surface area (Å²) in [6.07, 6.45) is 0.907. The highest BCUT2D eigenvalue weighted by Gasteiger charge is 2.28. The van der Waals surface area contributed by atoms with Gasteiger partial charge in [-0.2, -0.15) is 0 Å². The first-order valence-corrected chi connectivity index (χ1v) is 6.59. The van der Waals surface area contributed by atoms with Crippen molar-refractivity contribution in [2.75, 3.05) is 4.90 Å². The van der Waals surface area contributed by atoms with Crippen molar-refractivity contribution in [2.24, 2.45) is 5.73 Å². The minimum Gasteiger partial charge on any atom is -0.384 e. The average Bonchev–Trinajstić information content (AvgIpc) is 2.74. The third-order valence-electron chi connectivity index (χ3n) is 3.73. The number of nitrogens with one attached hydrogen (secondary N) is 1. The number of fused-ring (bicyclic) bond motifs is 1. The molecule has 0 aromatic heterocycles. The Bertz CT molecular complexity index is 681. The van der Waals surface area contributed by atoms with E-state index in [0.717, 1.165) is 12.1 Å². The van der Waals surface area contributed by atoms with Gasteiger partial charge in [0.2, 0.25) is 0 Å². The summed E-state index contributed by atoms with van der Waals surface area (Å²) in [4.78, 5) is 2.01. The van der Waals surface area contributed by atoms with Crippen LogP contribution in [-0.4, -0.2) is 11.9 Å². The van der Waals surface area contributed by atoms with Gasteiger partial charge < -0.3 is 10.6 Å². The molecule has 1 atom stereocenters. The summed E-state index contributed by atoms with van der Waals surface area (Å²) in [7, 11) is 0. The van der Waals surface area contributed by atoms with Gasteiger partial charge in [-0.3, -0.25) is 5.41 Å². The van der Waals surface area contributed by atoms with Crippen molar-refractivity contribution in [3.8, 4) is 0 Å². The van der Waals surface area contributed by atoms with E-state index in [4.69, 9.17) is 11.1 Å².